The van der Waals surface area contributed by atoms with Gasteiger partial charge in [0.05, 0.1) is 0 Å². The third kappa shape index (κ3) is 2.64. The van der Waals surface area contributed by atoms with E-state index in [1.807, 2.05) is 31.2 Å². The Balaban J connectivity index is 0.000000810. The Bertz CT molecular complexity index is 185. The van der Waals surface area contributed by atoms with Gasteiger partial charge < -0.3 is 34.7 Å². The molecule has 0 saturated heterocycles. The van der Waals surface area contributed by atoms with E-state index in [2.05, 4.69) is 0 Å². The van der Waals surface area contributed by atoms with Crippen LogP contribution in [0, 0.1) is 12.1 Å². The Labute approximate surface area is 77.2 Å². The lowest BCUT2D eigenvalue weighted by molar-refractivity contribution is -0.497. The molecule has 56 valence electrons. The molecule has 0 heterocycles. The molecule has 0 bridgehead atoms. The van der Waals surface area contributed by atoms with E-state index in [0.29, 0.717) is 0 Å². The number of halogens is 1. The molecular weight excluding hydrogens is 241 g/mol. The average molecular weight is 250 g/mol. The third-order valence-corrected chi connectivity index (χ3v) is 1.21. The highest BCUT2D eigenvalue weighted by Crippen LogP contribution is 2.01. The van der Waals surface area contributed by atoms with Crippen LogP contribution in [0.25, 0.3) is 0 Å². The van der Waals surface area contributed by atoms with Crippen LogP contribution >= 0.6 is 0 Å². The van der Waals surface area contributed by atoms with E-state index in [1.165, 1.54) is 5.56 Å². The van der Waals surface area contributed by atoms with Gasteiger partial charge in [0.25, 0.3) is 0 Å². The zero-order valence-corrected chi connectivity index (χ0v) is 7.83. The zero-order chi connectivity index (χ0) is 6.69. The van der Waals surface area contributed by atoms with Crippen molar-refractivity contribution in [1.29, 1.82) is 0 Å². The number of hydrogen-bond donors (Lipinski definition) is 1. The van der Waals surface area contributed by atoms with Crippen molar-refractivity contribution >= 4 is 5.69 Å². The molecule has 2 N–H and O–H groups in total. The zero-order valence-electron chi connectivity index (χ0n) is 5.67. The Kier molecular flexibility index (Phi) is 4.59. The summed E-state index contributed by atoms with van der Waals surface area (Å²) in [5, 5.41) is 10.1. The molecule has 10 heavy (non-hydrogen) atoms. The van der Waals surface area contributed by atoms with Crippen LogP contribution < -0.4 is 29.5 Å². The molecule has 0 aromatic heterocycles. The van der Waals surface area contributed by atoms with Crippen LogP contribution in [0.1, 0.15) is 5.56 Å². The fraction of sp³-hybridized carbons (Fsp3) is 0.143. The second kappa shape index (κ2) is 4.65. The first-order valence-corrected chi connectivity index (χ1v) is 2.85. The van der Waals surface area contributed by atoms with Gasteiger partial charge in [-0.1, -0.05) is 17.7 Å². The highest BCUT2D eigenvalue weighted by molar-refractivity contribution is 5.31. The maximum Gasteiger partial charge on any atom is 0.129 e. The van der Waals surface area contributed by atoms with Gasteiger partial charge in [-0.3, -0.25) is 0 Å². The van der Waals surface area contributed by atoms with Gasteiger partial charge in [0.15, 0.2) is 0 Å². The minimum atomic E-state index is 0. The molecule has 0 fully saturated rings. The predicted molar refractivity (Wildman–Crippen MR) is 36.1 cm³/mol. The van der Waals surface area contributed by atoms with Gasteiger partial charge in [0, 0.05) is 0 Å². The van der Waals surface area contributed by atoms with Crippen LogP contribution in [-0.2, 0) is 0 Å². The van der Waals surface area contributed by atoms with Crippen LogP contribution in [0.3, 0.4) is 0 Å². The lowest BCUT2D eigenvalue weighted by Crippen LogP contribution is -3.00. The van der Waals surface area contributed by atoms with Gasteiger partial charge in [-0.25, -0.2) is 0 Å². The SMILES string of the molecule is Cc1ccc([NH2+][O-])cc1.[I-]. The lowest BCUT2D eigenvalue weighted by atomic mass is 10.2. The van der Waals surface area contributed by atoms with Gasteiger partial charge in [0.1, 0.15) is 5.69 Å². The summed E-state index contributed by atoms with van der Waals surface area (Å²) in [4.78, 5) is 0. The molecule has 0 spiro atoms. The maximum absolute atomic E-state index is 10.1. The van der Waals surface area contributed by atoms with Crippen molar-refractivity contribution < 1.29 is 29.5 Å². The van der Waals surface area contributed by atoms with Crippen LogP contribution in [0.2, 0.25) is 0 Å². The number of benzene rings is 1. The van der Waals surface area contributed by atoms with Crippen LogP contribution in [0.4, 0.5) is 5.69 Å². The van der Waals surface area contributed by atoms with Crippen molar-refractivity contribution in [2.24, 2.45) is 0 Å². The van der Waals surface area contributed by atoms with Crippen LogP contribution in [0.5, 0.6) is 0 Å². The van der Waals surface area contributed by atoms with Crippen LogP contribution in [-0.4, -0.2) is 0 Å². The summed E-state index contributed by atoms with van der Waals surface area (Å²) >= 11 is 0. The van der Waals surface area contributed by atoms with Crippen molar-refractivity contribution in [3.8, 4) is 0 Å². The van der Waals surface area contributed by atoms with E-state index in [-0.39, 0.29) is 24.0 Å². The molecule has 0 unspecified atom stereocenters. The van der Waals surface area contributed by atoms with Gasteiger partial charge in [-0.2, -0.15) is 0 Å². The smallest absolute Gasteiger partial charge is 0.129 e. The standard InChI is InChI=1S/C7H9NO.HI/c1-6-2-4-7(8-9)5-3-6;/h2-5H,8H2,1H3;1H/p-1. The van der Waals surface area contributed by atoms with Crippen molar-refractivity contribution in [3.05, 3.63) is 35.0 Å². The monoisotopic (exact) mass is 250 g/mol. The van der Waals surface area contributed by atoms with Crippen molar-refractivity contribution in [2.75, 3.05) is 0 Å². The second-order valence-electron chi connectivity index (χ2n) is 2.03. The highest BCUT2D eigenvalue weighted by atomic mass is 127. The largest absolute Gasteiger partial charge is 1.00 e. The van der Waals surface area contributed by atoms with Crippen LogP contribution in [0.15, 0.2) is 24.3 Å². The first-order valence-electron chi connectivity index (χ1n) is 2.85. The third-order valence-electron chi connectivity index (χ3n) is 1.21. The quantitative estimate of drug-likeness (QED) is 0.339. The summed E-state index contributed by atoms with van der Waals surface area (Å²) in [6.07, 6.45) is 0. The number of aryl methyl sites for hydroxylation is 1. The molecule has 0 amide bonds. The first-order chi connectivity index (χ1) is 4.33. The van der Waals surface area contributed by atoms with Gasteiger partial charge >= 0.3 is 0 Å². The highest BCUT2D eigenvalue weighted by Gasteiger charge is 1.86. The Hall–Kier alpha value is -0.130. The van der Waals surface area contributed by atoms with Gasteiger partial charge in [0.2, 0.25) is 0 Å². The normalized spacial score (nSPS) is 8.60. The van der Waals surface area contributed by atoms with E-state index in [9.17, 15) is 5.21 Å². The maximum atomic E-state index is 10.1. The summed E-state index contributed by atoms with van der Waals surface area (Å²) in [6.45, 7) is 1.99. The minimum absolute atomic E-state index is 0. The number of hydrogen-bond acceptors (Lipinski definition) is 1. The summed E-state index contributed by atoms with van der Waals surface area (Å²) in [6, 6.07) is 7.46. The molecule has 1 aromatic rings. The average Bonchev–Trinajstić information content (AvgIpc) is 1.90. The molecule has 0 aliphatic heterocycles. The number of quaternary nitrogens is 1. The Morgan fingerprint density at radius 2 is 1.70 bits per heavy atom. The first kappa shape index (κ1) is 9.87. The number of nitrogens with two attached hydrogens (primary N) is 1. The fourth-order valence-corrected chi connectivity index (χ4v) is 0.645. The Morgan fingerprint density at radius 3 is 2.10 bits per heavy atom. The van der Waals surface area contributed by atoms with Gasteiger partial charge in [-0.05, 0) is 19.1 Å². The molecular formula is C7H9INO-. The molecule has 0 atom stereocenters. The van der Waals surface area contributed by atoms with Crippen molar-refractivity contribution in [3.63, 3.8) is 0 Å². The Morgan fingerprint density at radius 1 is 1.20 bits per heavy atom. The van der Waals surface area contributed by atoms with E-state index >= 15 is 0 Å². The van der Waals surface area contributed by atoms with E-state index < -0.39 is 0 Å². The van der Waals surface area contributed by atoms with Crippen molar-refractivity contribution in [1.82, 2.24) is 0 Å². The second-order valence-corrected chi connectivity index (χ2v) is 2.03. The predicted octanol–water partition coefficient (Wildman–Crippen LogP) is -2.31. The van der Waals surface area contributed by atoms with E-state index in [1.54, 1.807) is 0 Å². The summed E-state index contributed by atoms with van der Waals surface area (Å²) in [5.41, 5.74) is 2.76. The molecule has 2 nitrogen and oxygen atoms in total. The van der Waals surface area contributed by atoms with E-state index in [4.69, 9.17) is 0 Å². The van der Waals surface area contributed by atoms with Gasteiger partial charge in [-0.15, -0.1) is 0 Å². The summed E-state index contributed by atoms with van der Waals surface area (Å²) < 4.78 is 0. The summed E-state index contributed by atoms with van der Waals surface area (Å²) in [5.74, 6) is 0. The fourth-order valence-electron chi connectivity index (χ4n) is 0.645. The molecule has 0 radical (unpaired) electrons. The molecule has 0 aliphatic rings. The summed E-state index contributed by atoms with van der Waals surface area (Å²) in [7, 11) is 0. The minimum Gasteiger partial charge on any atom is -1.00 e. The lowest BCUT2D eigenvalue weighted by Gasteiger charge is -1.99. The molecule has 0 aliphatic carbocycles. The topological polar surface area (TPSA) is 39.7 Å². The van der Waals surface area contributed by atoms with E-state index in [0.717, 1.165) is 11.2 Å². The van der Waals surface area contributed by atoms with Crippen molar-refractivity contribution in [2.45, 2.75) is 6.92 Å². The molecule has 3 heteroatoms. The molecule has 1 rings (SSSR count). The number of rotatable bonds is 1. The molecule has 0 saturated carbocycles. The molecule has 1 aromatic carbocycles.